The lowest BCUT2D eigenvalue weighted by molar-refractivity contribution is 0.107. The van der Waals surface area contributed by atoms with Crippen molar-refractivity contribution in [2.45, 2.75) is 31.9 Å². The zero-order chi connectivity index (χ0) is 14.5. The van der Waals surface area contributed by atoms with E-state index in [2.05, 4.69) is 18.0 Å². The van der Waals surface area contributed by atoms with Crippen LogP contribution in [0.4, 0.5) is 0 Å². The van der Waals surface area contributed by atoms with Crippen molar-refractivity contribution < 1.29 is 9.84 Å². The highest BCUT2D eigenvalue weighted by molar-refractivity contribution is 5.42. The summed E-state index contributed by atoms with van der Waals surface area (Å²) in [7, 11) is 3.68. The smallest absolute Gasteiger partial charge is 0.124 e. The van der Waals surface area contributed by atoms with Crippen molar-refractivity contribution in [3.05, 3.63) is 29.3 Å². The molecule has 2 unspecified atom stereocenters. The molecular weight excluding hydrogens is 252 g/mol. The van der Waals surface area contributed by atoms with Crippen molar-refractivity contribution in [3.63, 3.8) is 0 Å². The largest absolute Gasteiger partial charge is 0.496 e. The summed E-state index contributed by atoms with van der Waals surface area (Å²) in [6.45, 7) is 1.66. The molecule has 0 saturated heterocycles. The Labute approximate surface area is 120 Å². The quantitative estimate of drug-likeness (QED) is 0.894. The van der Waals surface area contributed by atoms with E-state index in [4.69, 9.17) is 10.00 Å². The third-order valence-electron chi connectivity index (χ3n) is 4.02. The second kappa shape index (κ2) is 6.74. The standard InChI is InChI=1S/C16H22N2O2/c1-18(10-13-4-3-5-15(13)19)11-14-7-6-12(9-17)8-16(14)20-2/h6-8,13,15,19H,3-5,10-11H2,1-2H3. The number of benzene rings is 1. The minimum Gasteiger partial charge on any atom is -0.496 e. The van der Waals surface area contributed by atoms with E-state index in [-0.39, 0.29) is 6.10 Å². The van der Waals surface area contributed by atoms with E-state index in [9.17, 15) is 5.11 Å². The van der Waals surface area contributed by atoms with Gasteiger partial charge in [-0.2, -0.15) is 5.26 Å². The van der Waals surface area contributed by atoms with E-state index in [1.165, 1.54) is 0 Å². The summed E-state index contributed by atoms with van der Waals surface area (Å²) < 4.78 is 5.35. The summed E-state index contributed by atoms with van der Waals surface area (Å²) >= 11 is 0. The third kappa shape index (κ3) is 3.50. The predicted molar refractivity (Wildman–Crippen MR) is 77.4 cm³/mol. The molecule has 1 N–H and O–H groups in total. The molecule has 1 aliphatic rings. The lowest BCUT2D eigenvalue weighted by Crippen LogP contribution is -2.29. The summed E-state index contributed by atoms with van der Waals surface area (Å²) in [6.07, 6.45) is 3.01. The van der Waals surface area contributed by atoms with Gasteiger partial charge in [0.15, 0.2) is 0 Å². The van der Waals surface area contributed by atoms with Crippen molar-refractivity contribution in [2.24, 2.45) is 5.92 Å². The number of ether oxygens (including phenoxy) is 1. The Morgan fingerprint density at radius 3 is 2.85 bits per heavy atom. The minimum absolute atomic E-state index is 0.152. The van der Waals surface area contributed by atoms with Crippen LogP contribution < -0.4 is 4.74 Å². The van der Waals surface area contributed by atoms with Crippen LogP contribution in [-0.4, -0.2) is 36.8 Å². The topological polar surface area (TPSA) is 56.5 Å². The number of aliphatic hydroxyl groups is 1. The Bertz CT molecular complexity index is 496. The van der Waals surface area contributed by atoms with Crippen molar-refractivity contribution in [1.82, 2.24) is 4.90 Å². The third-order valence-corrected chi connectivity index (χ3v) is 4.02. The van der Waals surface area contributed by atoms with Crippen LogP contribution in [0.2, 0.25) is 0 Å². The van der Waals surface area contributed by atoms with Crippen LogP contribution in [0.25, 0.3) is 0 Å². The van der Waals surface area contributed by atoms with E-state index >= 15 is 0 Å². The van der Waals surface area contributed by atoms with Crippen LogP contribution in [0.15, 0.2) is 18.2 Å². The highest BCUT2D eigenvalue weighted by Crippen LogP contribution is 2.27. The fourth-order valence-electron chi connectivity index (χ4n) is 2.93. The van der Waals surface area contributed by atoms with Crippen LogP contribution in [-0.2, 0) is 6.54 Å². The molecule has 4 heteroatoms. The first-order chi connectivity index (χ1) is 9.63. The molecule has 0 spiro atoms. The molecule has 0 aromatic heterocycles. The normalized spacial score (nSPS) is 21.9. The van der Waals surface area contributed by atoms with Crippen LogP contribution >= 0.6 is 0 Å². The molecule has 0 aliphatic heterocycles. The number of methoxy groups -OCH3 is 1. The van der Waals surface area contributed by atoms with Gasteiger partial charge in [-0.25, -0.2) is 0 Å². The van der Waals surface area contributed by atoms with Gasteiger partial charge in [-0.15, -0.1) is 0 Å². The van der Waals surface area contributed by atoms with Crippen LogP contribution in [0, 0.1) is 17.2 Å². The molecule has 1 aliphatic carbocycles. The molecule has 2 rings (SSSR count). The zero-order valence-corrected chi connectivity index (χ0v) is 12.2. The van der Waals surface area contributed by atoms with Gasteiger partial charge in [-0.3, -0.25) is 0 Å². The number of hydrogen-bond acceptors (Lipinski definition) is 4. The second-order valence-electron chi connectivity index (χ2n) is 5.59. The Morgan fingerprint density at radius 1 is 1.45 bits per heavy atom. The lowest BCUT2D eigenvalue weighted by Gasteiger charge is -2.23. The van der Waals surface area contributed by atoms with Crippen LogP contribution in [0.1, 0.15) is 30.4 Å². The van der Waals surface area contributed by atoms with Gasteiger partial charge in [0, 0.05) is 18.7 Å². The van der Waals surface area contributed by atoms with Gasteiger partial charge in [-0.05, 0) is 37.9 Å². The molecule has 1 aromatic carbocycles. The van der Waals surface area contributed by atoms with Gasteiger partial charge in [0.2, 0.25) is 0 Å². The molecule has 0 amide bonds. The van der Waals surface area contributed by atoms with Gasteiger partial charge in [0.05, 0.1) is 24.8 Å². The number of rotatable bonds is 5. The summed E-state index contributed by atoms with van der Waals surface area (Å²) in [6, 6.07) is 7.65. The second-order valence-corrected chi connectivity index (χ2v) is 5.59. The number of nitrogens with zero attached hydrogens (tertiary/aromatic N) is 2. The van der Waals surface area contributed by atoms with Crippen LogP contribution in [0.5, 0.6) is 5.75 Å². The Morgan fingerprint density at radius 2 is 2.25 bits per heavy atom. The van der Waals surface area contributed by atoms with E-state index in [0.717, 1.165) is 43.7 Å². The monoisotopic (exact) mass is 274 g/mol. The summed E-state index contributed by atoms with van der Waals surface area (Å²) in [5.74, 6) is 1.13. The fourth-order valence-corrected chi connectivity index (χ4v) is 2.93. The first-order valence-corrected chi connectivity index (χ1v) is 7.07. The number of nitriles is 1. The SMILES string of the molecule is COc1cc(C#N)ccc1CN(C)CC1CCCC1O. The summed E-state index contributed by atoms with van der Waals surface area (Å²) in [5, 5.41) is 18.8. The highest BCUT2D eigenvalue weighted by Gasteiger charge is 2.26. The van der Waals surface area contributed by atoms with E-state index in [1.807, 2.05) is 12.1 Å². The molecule has 1 saturated carbocycles. The summed E-state index contributed by atoms with van der Waals surface area (Å²) in [5.41, 5.74) is 1.68. The minimum atomic E-state index is -0.152. The average Bonchev–Trinajstić information content (AvgIpc) is 2.84. The average molecular weight is 274 g/mol. The molecule has 4 nitrogen and oxygen atoms in total. The van der Waals surface area contributed by atoms with E-state index in [1.54, 1.807) is 13.2 Å². The molecule has 0 radical (unpaired) electrons. The first kappa shape index (κ1) is 14.8. The highest BCUT2D eigenvalue weighted by atomic mass is 16.5. The van der Waals surface area contributed by atoms with Crippen molar-refractivity contribution in [1.29, 1.82) is 5.26 Å². The van der Waals surface area contributed by atoms with Gasteiger partial charge < -0.3 is 14.7 Å². The fraction of sp³-hybridized carbons (Fsp3) is 0.562. The first-order valence-electron chi connectivity index (χ1n) is 7.07. The molecule has 0 heterocycles. The maximum Gasteiger partial charge on any atom is 0.124 e. The van der Waals surface area contributed by atoms with Crippen molar-refractivity contribution in [2.75, 3.05) is 20.7 Å². The Hall–Kier alpha value is -1.57. The molecule has 0 bridgehead atoms. The van der Waals surface area contributed by atoms with Crippen LogP contribution in [0.3, 0.4) is 0 Å². The predicted octanol–water partition coefficient (Wildman–Crippen LogP) is 2.16. The van der Waals surface area contributed by atoms with Crippen molar-refractivity contribution in [3.8, 4) is 11.8 Å². The summed E-state index contributed by atoms with van der Waals surface area (Å²) in [4.78, 5) is 2.21. The van der Waals surface area contributed by atoms with Gasteiger partial charge in [-0.1, -0.05) is 12.5 Å². The zero-order valence-electron chi connectivity index (χ0n) is 12.2. The maximum atomic E-state index is 9.89. The molecule has 1 fully saturated rings. The van der Waals surface area contributed by atoms with Crippen molar-refractivity contribution >= 4 is 0 Å². The molecule has 1 aromatic rings. The molecular formula is C16H22N2O2. The van der Waals surface area contributed by atoms with Gasteiger partial charge in [0.1, 0.15) is 5.75 Å². The lowest BCUT2D eigenvalue weighted by atomic mass is 10.0. The molecule has 108 valence electrons. The Kier molecular flexibility index (Phi) is 4.99. The Balaban J connectivity index is 2.00. The molecule has 2 atom stereocenters. The maximum absolute atomic E-state index is 9.89. The van der Waals surface area contributed by atoms with E-state index < -0.39 is 0 Å². The number of hydrogen-bond donors (Lipinski definition) is 1. The number of aliphatic hydroxyl groups excluding tert-OH is 1. The van der Waals surface area contributed by atoms with Gasteiger partial charge >= 0.3 is 0 Å². The van der Waals surface area contributed by atoms with E-state index in [0.29, 0.717) is 11.5 Å². The van der Waals surface area contributed by atoms with Gasteiger partial charge in [0.25, 0.3) is 0 Å². The molecule has 20 heavy (non-hydrogen) atoms.